The summed E-state index contributed by atoms with van der Waals surface area (Å²) < 4.78 is 11.2. The lowest BCUT2D eigenvalue weighted by Gasteiger charge is -2.13. The Morgan fingerprint density at radius 2 is 1.76 bits per heavy atom. The van der Waals surface area contributed by atoms with Gasteiger partial charge in [0.05, 0.1) is 19.8 Å². The third-order valence-corrected chi connectivity index (χ3v) is 4.15. The van der Waals surface area contributed by atoms with E-state index in [1.165, 1.54) is 7.11 Å². The van der Waals surface area contributed by atoms with Gasteiger partial charge in [-0.3, -0.25) is 4.79 Å². The first kappa shape index (κ1) is 15.9. The molecule has 0 N–H and O–H groups in total. The van der Waals surface area contributed by atoms with Crippen LogP contribution >= 0.6 is 27.5 Å². The van der Waals surface area contributed by atoms with Gasteiger partial charge in [-0.2, -0.15) is 0 Å². The molecule has 3 nitrogen and oxygen atoms in total. The Morgan fingerprint density at radius 3 is 2.33 bits per heavy atom. The highest BCUT2D eigenvalue weighted by Gasteiger charge is 2.20. The van der Waals surface area contributed by atoms with Crippen LogP contribution in [-0.4, -0.2) is 20.0 Å². The summed E-state index contributed by atoms with van der Waals surface area (Å²) in [5, 5.41) is 0.604. The number of benzene rings is 2. The van der Waals surface area contributed by atoms with Crippen molar-refractivity contribution in [3.63, 3.8) is 0 Å². The highest BCUT2D eigenvalue weighted by Crippen LogP contribution is 2.38. The molecule has 21 heavy (non-hydrogen) atoms. The quantitative estimate of drug-likeness (QED) is 0.735. The van der Waals surface area contributed by atoms with Gasteiger partial charge in [-0.05, 0) is 58.7 Å². The van der Waals surface area contributed by atoms with E-state index in [-0.39, 0.29) is 5.78 Å². The molecule has 0 aliphatic carbocycles. The van der Waals surface area contributed by atoms with Gasteiger partial charge in [0.25, 0.3) is 0 Å². The smallest absolute Gasteiger partial charge is 0.197 e. The van der Waals surface area contributed by atoms with Gasteiger partial charge in [-0.15, -0.1) is 0 Å². The molecule has 0 aliphatic heterocycles. The van der Waals surface area contributed by atoms with E-state index < -0.39 is 0 Å². The Kier molecular flexibility index (Phi) is 4.91. The fraction of sp³-hybridized carbons (Fsp3) is 0.188. The van der Waals surface area contributed by atoms with Crippen molar-refractivity contribution in [3.8, 4) is 11.5 Å². The van der Waals surface area contributed by atoms with Crippen molar-refractivity contribution in [3.05, 3.63) is 56.5 Å². The van der Waals surface area contributed by atoms with Gasteiger partial charge in [-0.25, -0.2) is 0 Å². The maximum absolute atomic E-state index is 12.7. The lowest BCUT2D eigenvalue weighted by Crippen LogP contribution is -2.07. The molecular weight excluding hydrogens is 356 g/mol. The summed E-state index contributed by atoms with van der Waals surface area (Å²) in [5.74, 6) is 0.939. The van der Waals surface area contributed by atoms with Crippen LogP contribution in [0.5, 0.6) is 11.5 Å². The van der Waals surface area contributed by atoms with Crippen molar-refractivity contribution in [1.29, 1.82) is 0 Å². The molecule has 5 heteroatoms. The predicted molar refractivity (Wildman–Crippen MR) is 86.9 cm³/mol. The molecule has 0 atom stereocenters. The average Bonchev–Trinajstić information content (AvgIpc) is 2.46. The van der Waals surface area contributed by atoms with Crippen LogP contribution in [0.2, 0.25) is 5.02 Å². The molecule has 0 bridgehead atoms. The number of rotatable bonds is 4. The molecule has 0 heterocycles. The van der Waals surface area contributed by atoms with Crippen molar-refractivity contribution in [2.75, 3.05) is 14.2 Å². The van der Waals surface area contributed by atoms with Crippen LogP contribution in [0, 0.1) is 6.92 Å². The molecule has 2 aromatic rings. The van der Waals surface area contributed by atoms with Gasteiger partial charge in [0.1, 0.15) is 16.0 Å². The molecule has 0 radical (unpaired) electrons. The maximum Gasteiger partial charge on any atom is 0.197 e. The number of hydrogen-bond acceptors (Lipinski definition) is 3. The van der Waals surface area contributed by atoms with Crippen molar-refractivity contribution < 1.29 is 14.3 Å². The second-order valence-electron chi connectivity index (χ2n) is 4.45. The molecule has 110 valence electrons. The second-order valence-corrected chi connectivity index (χ2v) is 5.68. The molecule has 0 amide bonds. The molecule has 2 aromatic carbocycles. The summed E-state index contributed by atoms with van der Waals surface area (Å²) >= 11 is 9.33. The Labute approximate surface area is 137 Å². The zero-order chi connectivity index (χ0) is 15.6. The molecule has 0 aliphatic rings. The second kappa shape index (κ2) is 6.50. The minimum absolute atomic E-state index is 0.121. The zero-order valence-electron chi connectivity index (χ0n) is 11.9. The van der Waals surface area contributed by atoms with E-state index in [4.69, 9.17) is 21.1 Å². The highest BCUT2D eigenvalue weighted by molar-refractivity contribution is 9.10. The van der Waals surface area contributed by atoms with E-state index >= 15 is 0 Å². The SMILES string of the molecule is COc1ccc(C(=O)c2ccc(Cl)cc2C)c(OC)c1Br. The van der Waals surface area contributed by atoms with Crippen LogP contribution in [0.4, 0.5) is 0 Å². The monoisotopic (exact) mass is 368 g/mol. The summed E-state index contributed by atoms with van der Waals surface area (Å²) in [4.78, 5) is 12.7. The van der Waals surface area contributed by atoms with Gasteiger partial charge < -0.3 is 9.47 Å². The third-order valence-electron chi connectivity index (χ3n) is 3.16. The van der Waals surface area contributed by atoms with Crippen LogP contribution in [-0.2, 0) is 0 Å². The maximum atomic E-state index is 12.7. The molecule has 0 unspecified atom stereocenters. The molecule has 0 spiro atoms. The van der Waals surface area contributed by atoms with E-state index in [1.54, 1.807) is 37.4 Å². The van der Waals surface area contributed by atoms with Crippen LogP contribution in [0.15, 0.2) is 34.8 Å². The number of carbonyl (C=O) groups is 1. The number of carbonyl (C=O) groups excluding carboxylic acids is 1. The summed E-state index contributed by atoms with van der Waals surface area (Å²) in [7, 11) is 3.08. The van der Waals surface area contributed by atoms with Gasteiger partial charge in [0, 0.05) is 10.6 Å². The van der Waals surface area contributed by atoms with Gasteiger partial charge >= 0.3 is 0 Å². The van der Waals surface area contributed by atoms with Gasteiger partial charge in [-0.1, -0.05) is 11.6 Å². The van der Waals surface area contributed by atoms with E-state index in [9.17, 15) is 4.79 Å². The van der Waals surface area contributed by atoms with E-state index in [0.29, 0.717) is 32.1 Å². The largest absolute Gasteiger partial charge is 0.495 e. The third kappa shape index (κ3) is 3.06. The Bertz CT molecular complexity index is 698. The van der Waals surface area contributed by atoms with E-state index in [2.05, 4.69) is 15.9 Å². The zero-order valence-corrected chi connectivity index (χ0v) is 14.2. The molecule has 0 aromatic heterocycles. The summed E-state index contributed by atoms with van der Waals surface area (Å²) in [6.45, 7) is 1.85. The Hall–Kier alpha value is -1.52. The number of ketones is 1. The average molecular weight is 370 g/mol. The minimum atomic E-state index is -0.121. The minimum Gasteiger partial charge on any atom is -0.495 e. The van der Waals surface area contributed by atoms with Gasteiger partial charge in [0.2, 0.25) is 0 Å². The normalized spacial score (nSPS) is 10.3. The van der Waals surface area contributed by atoms with Crippen molar-refractivity contribution in [1.82, 2.24) is 0 Å². The van der Waals surface area contributed by atoms with Crippen molar-refractivity contribution >= 4 is 33.3 Å². The van der Waals surface area contributed by atoms with Crippen LogP contribution in [0.3, 0.4) is 0 Å². The number of aryl methyl sites for hydroxylation is 1. The number of halogens is 2. The summed E-state index contributed by atoms with van der Waals surface area (Å²) in [6, 6.07) is 8.61. The first-order valence-electron chi connectivity index (χ1n) is 6.21. The standard InChI is InChI=1S/C16H14BrClO3/c1-9-8-10(18)4-5-11(9)15(19)12-6-7-13(20-2)14(17)16(12)21-3/h4-8H,1-3H3. The van der Waals surface area contributed by atoms with Crippen molar-refractivity contribution in [2.45, 2.75) is 6.92 Å². The number of hydrogen-bond donors (Lipinski definition) is 0. The fourth-order valence-electron chi connectivity index (χ4n) is 2.10. The number of ether oxygens (including phenoxy) is 2. The molecular formula is C16H14BrClO3. The lowest BCUT2D eigenvalue weighted by molar-refractivity contribution is 0.103. The van der Waals surface area contributed by atoms with Crippen LogP contribution in [0.1, 0.15) is 21.5 Å². The Balaban J connectivity index is 2.55. The van der Waals surface area contributed by atoms with E-state index in [0.717, 1.165) is 5.56 Å². The number of methoxy groups -OCH3 is 2. The topological polar surface area (TPSA) is 35.5 Å². The highest BCUT2D eigenvalue weighted by atomic mass is 79.9. The summed E-state index contributed by atoms with van der Waals surface area (Å²) in [6.07, 6.45) is 0. The Morgan fingerprint density at radius 1 is 1.10 bits per heavy atom. The van der Waals surface area contributed by atoms with E-state index in [1.807, 2.05) is 6.92 Å². The molecule has 0 fully saturated rings. The van der Waals surface area contributed by atoms with Crippen LogP contribution in [0.25, 0.3) is 0 Å². The molecule has 2 rings (SSSR count). The molecule has 0 saturated carbocycles. The first-order valence-corrected chi connectivity index (χ1v) is 7.38. The lowest BCUT2D eigenvalue weighted by atomic mass is 9.98. The van der Waals surface area contributed by atoms with Crippen molar-refractivity contribution in [2.24, 2.45) is 0 Å². The van der Waals surface area contributed by atoms with Crippen LogP contribution < -0.4 is 9.47 Å². The first-order chi connectivity index (χ1) is 9.99. The fourth-order valence-corrected chi connectivity index (χ4v) is 3.00. The molecule has 0 saturated heterocycles. The summed E-state index contributed by atoms with van der Waals surface area (Å²) in [5.41, 5.74) is 1.88. The predicted octanol–water partition coefficient (Wildman–Crippen LogP) is 4.66. The van der Waals surface area contributed by atoms with Gasteiger partial charge in [0.15, 0.2) is 5.78 Å².